The van der Waals surface area contributed by atoms with Crippen LogP contribution in [-0.2, 0) is 22.5 Å². The lowest BCUT2D eigenvalue weighted by molar-refractivity contribution is -0.119. The number of nitrogens with two attached hydrogens (primary N) is 1. The minimum Gasteiger partial charge on any atom is -0.484 e. The fourth-order valence-electron chi connectivity index (χ4n) is 3.46. The summed E-state index contributed by atoms with van der Waals surface area (Å²) in [7, 11) is 0. The van der Waals surface area contributed by atoms with Gasteiger partial charge in [-0.2, -0.15) is 4.98 Å². The first-order chi connectivity index (χ1) is 13.1. The molecule has 4 rings (SSSR count). The van der Waals surface area contributed by atoms with Gasteiger partial charge in [-0.05, 0) is 43.0 Å². The molecule has 1 amide bonds. The number of carbonyl (C=O) groups is 1. The molecule has 1 aromatic heterocycles. The summed E-state index contributed by atoms with van der Waals surface area (Å²) in [6.45, 7) is 1.50. The Bertz CT molecular complexity index is 918. The van der Waals surface area contributed by atoms with Gasteiger partial charge >= 0.3 is 5.69 Å². The molecule has 8 nitrogen and oxygen atoms in total. The number of rotatable bonds is 6. The molecule has 0 radical (unpaired) electrons. The number of nitrogens with zero attached hydrogens (tertiary/aromatic N) is 2. The molecule has 8 heteroatoms. The summed E-state index contributed by atoms with van der Waals surface area (Å²) in [4.78, 5) is 27.3. The van der Waals surface area contributed by atoms with E-state index in [1.165, 1.54) is 0 Å². The van der Waals surface area contributed by atoms with Crippen LogP contribution in [0.4, 0.5) is 0 Å². The summed E-state index contributed by atoms with van der Waals surface area (Å²) in [6.07, 6.45) is 2.72. The van der Waals surface area contributed by atoms with Crippen molar-refractivity contribution in [2.24, 2.45) is 5.73 Å². The molecule has 2 aromatic rings. The molecule has 1 saturated heterocycles. The predicted molar refractivity (Wildman–Crippen MR) is 96.8 cm³/mol. The maximum Gasteiger partial charge on any atom is 0.351 e. The number of ether oxygens (including phenoxy) is 3. The summed E-state index contributed by atoms with van der Waals surface area (Å²) in [5.74, 6) is 0.361. The quantitative estimate of drug-likeness (QED) is 0.808. The van der Waals surface area contributed by atoms with Crippen molar-refractivity contribution in [1.29, 1.82) is 0 Å². The molecular formula is C19H21N3O5. The van der Waals surface area contributed by atoms with Crippen molar-refractivity contribution >= 4 is 5.91 Å². The molecule has 0 aliphatic carbocycles. The third kappa shape index (κ3) is 3.80. The monoisotopic (exact) mass is 371 g/mol. The van der Waals surface area contributed by atoms with Crippen molar-refractivity contribution in [3.63, 3.8) is 0 Å². The molecule has 0 bridgehead atoms. The second-order valence-electron chi connectivity index (χ2n) is 6.68. The summed E-state index contributed by atoms with van der Waals surface area (Å²) in [5, 5.41) is 0. The van der Waals surface area contributed by atoms with Crippen LogP contribution >= 0.6 is 0 Å². The van der Waals surface area contributed by atoms with E-state index < -0.39 is 5.91 Å². The third-order valence-electron chi connectivity index (χ3n) is 4.77. The van der Waals surface area contributed by atoms with Crippen LogP contribution in [0, 0.1) is 0 Å². The summed E-state index contributed by atoms with van der Waals surface area (Å²) < 4.78 is 18.3. The first-order valence-corrected chi connectivity index (χ1v) is 9.01. The van der Waals surface area contributed by atoms with Gasteiger partial charge in [0.2, 0.25) is 5.88 Å². The summed E-state index contributed by atoms with van der Waals surface area (Å²) in [6, 6.07) is 7.30. The lowest BCUT2D eigenvalue weighted by Gasteiger charge is -2.22. The highest BCUT2D eigenvalue weighted by molar-refractivity contribution is 5.75. The van der Waals surface area contributed by atoms with E-state index in [1.54, 1.807) is 16.7 Å². The van der Waals surface area contributed by atoms with E-state index in [1.807, 2.05) is 12.1 Å². The predicted octanol–water partition coefficient (Wildman–Crippen LogP) is 0.888. The van der Waals surface area contributed by atoms with E-state index >= 15 is 0 Å². The molecule has 3 heterocycles. The smallest absolute Gasteiger partial charge is 0.351 e. The van der Waals surface area contributed by atoms with Crippen molar-refractivity contribution in [3.8, 4) is 22.9 Å². The zero-order chi connectivity index (χ0) is 18.8. The van der Waals surface area contributed by atoms with Gasteiger partial charge in [-0.25, -0.2) is 4.79 Å². The Morgan fingerprint density at radius 3 is 3.00 bits per heavy atom. The van der Waals surface area contributed by atoms with Crippen molar-refractivity contribution < 1.29 is 19.0 Å². The number of hydrogen-bond donors (Lipinski definition) is 1. The number of primary amides is 1. The Hall–Kier alpha value is -2.87. The summed E-state index contributed by atoms with van der Waals surface area (Å²) in [5.41, 5.74) is 7.52. The molecule has 2 aliphatic rings. The zero-order valence-corrected chi connectivity index (χ0v) is 14.8. The fraction of sp³-hybridized carbons (Fsp3) is 0.421. The number of hydrogen-bond acceptors (Lipinski definition) is 6. The van der Waals surface area contributed by atoms with Crippen molar-refractivity contribution in [1.82, 2.24) is 9.55 Å². The minimum absolute atomic E-state index is 0.0582. The van der Waals surface area contributed by atoms with Crippen LogP contribution in [0.1, 0.15) is 18.4 Å². The zero-order valence-electron chi connectivity index (χ0n) is 14.8. The molecule has 1 aromatic carbocycles. The molecule has 142 valence electrons. The van der Waals surface area contributed by atoms with Gasteiger partial charge in [0.05, 0.1) is 11.8 Å². The topological polar surface area (TPSA) is 106 Å². The maximum atomic E-state index is 12.4. The maximum absolute atomic E-state index is 12.4. The molecule has 2 aliphatic heterocycles. The average molecular weight is 371 g/mol. The Morgan fingerprint density at radius 2 is 2.22 bits per heavy atom. The molecule has 0 spiro atoms. The molecule has 0 saturated carbocycles. The van der Waals surface area contributed by atoms with Gasteiger partial charge in [-0.15, -0.1) is 0 Å². The van der Waals surface area contributed by atoms with E-state index in [9.17, 15) is 9.59 Å². The molecule has 1 fully saturated rings. The van der Waals surface area contributed by atoms with Crippen LogP contribution in [0.15, 0.2) is 29.1 Å². The first-order valence-electron chi connectivity index (χ1n) is 9.01. The van der Waals surface area contributed by atoms with Gasteiger partial charge in [-0.1, -0.05) is 0 Å². The standard InChI is InChI=1S/C19H21N3O5/c20-17(23)11-26-13-3-4-15-12(8-13)5-6-22-16(15)9-18(21-19(22)24)27-10-14-2-1-7-25-14/h3-4,8-9,14H,1-2,5-7,10-11H2,(H2,20,23). The number of aryl methyl sites for hydroxylation is 1. The van der Waals surface area contributed by atoms with E-state index in [2.05, 4.69) is 4.98 Å². The second kappa shape index (κ2) is 7.40. The largest absolute Gasteiger partial charge is 0.484 e. The summed E-state index contributed by atoms with van der Waals surface area (Å²) >= 11 is 0. The van der Waals surface area contributed by atoms with Crippen LogP contribution in [0.2, 0.25) is 0 Å². The van der Waals surface area contributed by atoms with Crippen LogP contribution in [0.5, 0.6) is 11.6 Å². The normalized spacial score (nSPS) is 17.9. The van der Waals surface area contributed by atoms with Crippen molar-refractivity contribution in [3.05, 3.63) is 40.3 Å². The van der Waals surface area contributed by atoms with Crippen molar-refractivity contribution in [2.75, 3.05) is 19.8 Å². The van der Waals surface area contributed by atoms with Crippen LogP contribution in [-0.4, -0.2) is 41.4 Å². The van der Waals surface area contributed by atoms with E-state index in [0.717, 1.165) is 36.3 Å². The third-order valence-corrected chi connectivity index (χ3v) is 4.77. The van der Waals surface area contributed by atoms with E-state index in [0.29, 0.717) is 31.2 Å². The number of amides is 1. The van der Waals surface area contributed by atoms with Crippen molar-refractivity contribution in [2.45, 2.75) is 31.9 Å². The Labute approximate surface area is 155 Å². The number of benzene rings is 1. The van der Waals surface area contributed by atoms with Crippen LogP contribution < -0.4 is 20.9 Å². The molecule has 1 atom stereocenters. The molecular weight excluding hydrogens is 350 g/mol. The Balaban J connectivity index is 1.59. The van der Waals surface area contributed by atoms with E-state index in [4.69, 9.17) is 19.9 Å². The lowest BCUT2D eigenvalue weighted by Crippen LogP contribution is -2.29. The highest BCUT2D eigenvalue weighted by Crippen LogP contribution is 2.32. The SMILES string of the molecule is NC(=O)COc1ccc2c(c1)CCn1c-2cc(OCC2CCCO2)nc1=O. The van der Waals surface area contributed by atoms with E-state index in [-0.39, 0.29) is 18.4 Å². The van der Waals surface area contributed by atoms with Crippen LogP contribution in [0.3, 0.4) is 0 Å². The molecule has 1 unspecified atom stereocenters. The van der Waals surface area contributed by atoms with Gasteiger partial charge in [0.15, 0.2) is 6.61 Å². The minimum atomic E-state index is -0.524. The van der Waals surface area contributed by atoms with Gasteiger partial charge in [0.1, 0.15) is 12.4 Å². The Morgan fingerprint density at radius 1 is 1.33 bits per heavy atom. The fourth-order valence-corrected chi connectivity index (χ4v) is 3.46. The van der Waals surface area contributed by atoms with Gasteiger partial charge in [0, 0.05) is 24.8 Å². The average Bonchev–Trinajstić information content (AvgIpc) is 3.18. The lowest BCUT2D eigenvalue weighted by atomic mass is 9.97. The number of fused-ring (bicyclic) bond motifs is 3. The second-order valence-corrected chi connectivity index (χ2v) is 6.68. The number of aromatic nitrogens is 2. The highest BCUT2D eigenvalue weighted by Gasteiger charge is 2.21. The molecule has 2 N–H and O–H groups in total. The van der Waals surface area contributed by atoms with Gasteiger partial charge in [0.25, 0.3) is 5.91 Å². The van der Waals surface area contributed by atoms with Gasteiger partial charge < -0.3 is 19.9 Å². The highest BCUT2D eigenvalue weighted by atomic mass is 16.5. The Kier molecular flexibility index (Phi) is 4.81. The number of carbonyl (C=O) groups excluding carboxylic acids is 1. The van der Waals surface area contributed by atoms with Crippen LogP contribution in [0.25, 0.3) is 11.3 Å². The molecule has 27 heavy (non-hydrogen) atoms. The van der Waals surface area contributed by atoms with Gasteiger partial charge in [-0.3, -0.25) is 9.36 Å². The first kappa shape index (κ1) is 17.5.